The van der Waals surface area contributed by atoms with Crippen LogP contribution >= 0.6 is 23.3 Å². The Morgan fingerprint density at radius 3 is 2.57 bits per heavy atom. The molecule has 0 unspecified atom stereocenters. The van der Waals surface area contributed by atoms with Crippen molar-refractivity contribution in [3.63, 3.8) is 0 Å². The van der Waals surface area contributed by atoms with Crippen LogP contribution in [0, 0.1) is 0 Å². The van der Waals surface area contributed by atoms with E-state index in [2.05, 4.69) is 21.0 Å². The molecule has 0 fully saturated rings. The molecule has 21 heavy (non-hydrogen) atoms. The Bertz CT molecular complexity index is 600. The van der Waals surface area contributed by atoms with Crippen LogP contribution in [0.5, 0.6) is 0 Å². The lowest BCUT2D eigenvalue weighted by molar-refractivity contribution is -0.116. The molecule has 1 aromatic carbocycles. The normalized spacial score (nSPS) is 11.0. The summed E-state index contributed by atoms with van der Waals surface area (Å²) in [5.74, 6) is 0.00919. The van der Waals surface area contributed by atoms with Gasteiger partial charge < -0.3 is 5.32 Å². The minimum Gasteiger partial charge on any atom is -0.325 e. The minimum absolute atomic E-state index is 0.00919. The fourth-order valence-electron chi connectivity index (χ4n) is 2.18. The highest BCUT2D eigenvalue weighted by Crippen LogP contribution is 2.27. The Labute approximate surface area is 134 Å². The van der Waals surface area contributed by atoms with Gasteiger partial charge in [0, 0.05) is 6.42 Å². The van der Waals surface area contributed by atoms with Gasteiger partial charge in [0.1, 0.15) is 11.0 Å². The van der Waals surface area contributed by atoms with Gasteiger partial charge in [0.15, 0.2) is 0 Å². The van der Waals surface area contributed by atoms with Crippen LogP contribution < -0.4 is 5.32 Å². The number of carbonyl (C=O) groups is 1. The molecule has 0 saturated heterocycles. The summed E-state index contributed by atoms with van der Waals surface area (Å²) >= 11 is 7.29. The van der Waals surface area contributed by atoms with Crippen LogP contribution in [0.1, 0.15) is 51.9 Å². The smallest absolute Gasteiger partial charge is 0.224 e. The number of aromatic nitrogens is 2. The van der Waals surface area contributed by atoms with E-state index in [1.54, 1.807) is 12.1 Å². The first-order valence-electron chi connectivity index (χ1n) is 7.42. The van der Waals surface area contributed by atoms with Crippen molar-refractivity contribution in [1.29, 1.82) is 0 Å². The van der Waals surface area contributed by atoms with E-state index in [-0.39, 0.29) is 5.91 Å². The Morgan fingerprint density at radius 2 is 1.81 bits per heavy atom. The van der Waals surface area contributed by atoms with E-state index in [0.29, 0.717) is 17.1 Å². The van der Waals surface area contributed by atoms with Crippen molar-refractivity contribution in [3.8, 4) is 0 Å². The molecule has 114 valence electrons. The van der Waals surface area contributed by atoms with Crippen molar-refractivity contribution in [3.05, 3.63) is 17.2 Å². The Kier molecular flexibility index (Phi) is 6.39. The Hall–Kier alpha value is -1.20. The van der Waals surface area contributed by atoms with Crippen molar-refractivity contribution in [2.45, 2.75) is 51.9 Å². The summed E-state index contributed by atoms with van der Waals surface area (Å²) < 4.78 is 8.27. The molecule has 1 aromatic heterocycles. The van der Waals surface area contributed by atoms with E-state index in [0.717, 1.165) is 35.6 Å². The highest BCUT2D eigenvalue weighted by Gasteiger charge is 2.09. The molecular formula is C15H20ClN3OS. The standard InChI is InChI=1S/C15H20ClN3OS/c1-2-3-4-5-6-7-8-15(20)17-12-10-14-13(9-11(12)16)18-21-19-14/h9-10H,2-8H2,1H3,(H,17,20). The molecule has 0 saturated carbocycles. The maximum Gasteiger partial charge on any atom is 0.224 e. The number of hydrogen-bond donors (Lipinski definition) is 1. The zero-order valence-electron chi connectivity index (χ0n) is 12.2. The van der Waals surface area contributed by atoms with Gasteiger partial charge in [-0.25, -0.2) is 0 Å². The molecule has 1 heterocycles. The average Bonchev–Trinajstić information content (AvgIpc) is 2.90. The van der Waals surface area contributed by atoms with Crippen LogP contribution in [-0.4, -0.2) is 14.7 Å². The molecule has 0 radical (unpaired) electrons. The van der Waals surface area contributed by atoms with Crippen molar-refractivity contribution >= 4 is 46.0 Å². The van der Waals surface area contributed by atoms with Gasteiger partial charge in [-0.3, -0.25) is 4.79 Å². The lowest BCUT2D eigenvalue weighted by Gasteiger charge is -2.07. The number of rotatable bonds is 8. The number of nitrogens with one attached hydrogen (secondary N) is 1. The summed E-state index contributed by atoms with van der Waals surface area (Å²) in [4.78, 5) is 11.9. The summed E-state index contributed by atoms with van der Waals surface area (Å²) in [7, 11) is 0. The number of anilines is 1. The monoisotopic (exact) mass is 325 g/mol. The summed E-state index contributed by atoms with van der Waals surface area (Å²) in [6, 6.07) is 3.51. The summed E-state index contributed by atoms with van der Waals surface area (Å²) in [6.45, 7) is 2.20. The summed E-state index contributed by atoms with van der Waals surface area (Å²) in [6.07, 6.45) is 7.56. The van der Waals surface area contributed by atoms with Crippen molar-refractivity contribution < 1.29 is 4.79 Å². The molecule has 2 rings (SSSR count). The fraction of sp³-hybridized carbons (Fsp3) is 0.533. The van der Waals surface area contributed by atoms with Crippen LogP contribution in [0.4, 0.5) is 5.69 Å². The van der Waals surface area contributed by atoms with Crippen molar-refractivity contribution in [1.82, 2.24) is 8.75 Å². The summed E-state index contributed by atoms with van der Waals surface area (Å²) in [5.41, 5.74) is 2.14. The molecule has 1 N–H and O–H groups in total. The first kappa shape index (κ1) is 16.2. The quantitative estimate of drug-likeness (QED) is 0.692. The van der Waals surface area contributed by atoms with Gasteiger partial charge in [-0.1, -0.05) is 50.6 Å². The molecule has 0 aliphatic rings. The average molecular weight is 326 g/mol. The van der Waals surface area contributed by atoms with Crippen LogP contribution in [0.2, 0.25) is 5.02 Å². The van der Waals surface area contributed by atoms with Gasteiger partial charge in [-0.05, 0) is 18.6 Å². The number of amides is 1. The summed E-state index contributed by atoms with van der Waals surface area (Å²) in [5, 5.41) is 3.37. The highest BCUT2D eigenvalue weighted by molar-refractivity contribution is 7.00. The first-order valence-corrected chi connectivity index (χ1v) is 8.53. The molecule has 4 nitrogen and oxygen atoms in total. The van der Waals surface area contributed by atoms with Gasteiger partial charge in [0.25, 0.3) is 0 Å². The number of benzene rings is 1. The second-order valence-electron chi connectivity index (χ2n) is 5.15. The predicted octanol–water partition coefficient (Wildman–Crippen LogP) is 5.03. The maximum absolute atomic E-state index is 11.9. The second kappa shape index (κ2) is 8.29. The van der Waals surface area contributed by atoms with E-state index in [1.807, 2.05) is 0 Å². The Morgan fingerprint density at radius 1 is 1.14 bits per heavy atom. The van der Waals surface area contributed by atoms with Crippen LogP contribution in [0.15, 0.2) is 12.1 Å². The van der Waals surface area contributed by atoms with E-state index in [4.69, 9.17) is 11.6 Å². The van der Waals surface area contributed by atoms with E-state index < -0.39 is 0 Å². The predicted molar refractivity (Wildman–Crippen MR) is 89.0 cm³/mol. The number of fused-ring (bicyclic) bond motifs is 1. The van der Waals surface area contributed by atoms with Gasteiger partial charge >= 0.3 is 0 Å². The van der Waals surface area contributed by atoms with Crippen molar-refractivity contribution in [2.75, 3.05) is 5.32 Å². The first-order chi connectivity index (χ1) is 10.2. The molecule has 0 aliphatic carbocycles. The fourth-order valence-corrected chi connectivity index (χ4v) is 2.89. The van der Waals surface area contributed by atoms with Gasteiger partial charge in [-0.15, -0.1) is 0 Å². The molecule has 0 spiro atoms. The molecule has 0 aliphatic heterocycles. The lowest BCUT2D eigenvalue weighted by Crippen LogP contribution is -2.11. The number of carbonyl (C=O) groups excluding carboxylic acids is 1. The molecule has 6 heteroatoms. The zero-order valence-corrected chi connectivity index (χ0v) is 13.8. The van der Waals surface area contributed by atoms with Crippen LogP contribution in [-0.2, 0) is 4.79 Å². The maximum atomic E-state index is 11.9. The molecular weight excluding hydrogens is 306 g/mol. The SMILES string of the molecule is CCCCCCCCC(=O)Nc1cc2nsnc2cc1Cl. The number of hydrogen-bond acceptors (Lipinski definition) is 4. The number of unbranched alkanes of at least 4 members (excludes halogenated alkanes) is 5. The molecule has 1 amide bonds. The highest BCUT2D eigenvalue weighted by atomic mass is 35.5. The van der Waals surface area contributed by atoms with Crippen LogP contribution in [0.3, 0.4) is 0 Å². The molecule has 0 bridgehead atoms. The zero-order chi connectivity index (χ0) is 15.1. The minimum atomic E-state index is 0.00919. The van der Waals surface area contributed by atoms with Crippen molar-refractivity contribution in [2.24, 2.45) is 0 Å². The number of nitrogens with zero attached hydrogens (tertiary/aromatic N) is 2. The lowest BCUT2D eigenvalue weighted by atomic mass is 10.1. The van der Waals surface area contributed by atoms with E-state index in [1.165, 1.54) is 25.7 Å². The molecule has 2 aromatic rings. The third-order valence-electron chi connectivity index (χ3n) is 3.37. The largest absolute Gasteiger partial charge is 0.325 e. The topological polar surface area (TPSA) is 54.9 Å². The van der Waals surface area contributed by atoms with E-state index in [9.17, 15) is 4.79 Å². The van der Waals surface area contributed by atoms with Crippen LogP contribution in [0.25, 0.3) is 11.0 Å². The van der Waals surface area contributed by atoms with E-state index >= 15 is 0 Å². The second-order valence-corrected chi connectivity index (χ2v) is 6.09. The molecule has 0 atom stereocenters. The van der Waals surface area contributed by atoms with Gasteiger partial charge in [-0.2, -0.15) is 8.75 Å². The Balaban J connectivity index is 1.79. The van der Waals surface area contributed by atoms with Gasteiger partial charge in [0.2, 0.25) is 5.91 Å². The third-order valence-corrected chi connectivity index (χ3v) is 4.24. The van der Waals surface area contributed by atoms with Gasteiger partial charge in [0.05, 0.1) is 22.4 Å². The third kappa shape index (κ3) is 4.93. The number of halogens is 1.